The first-order chi connectivity index (χ1) is 14.6. The van der Waals surface area contributed by atoms with Crippen LogP contribution in [0, 0.1) is 0 Å². The Kier molecular flexibility index (Phi) is 6.33. The second-order valence-corrected chi connectivity index (χ2v) is 6.82. The predicted molar refractivity (Wildman–Crippen MR) is 109 cm³/mol. The number of H-pyrrole nitrogens is 1. The number of anilines is 1. The lowest BCUT2D eigenvalue weighted by atomic mass is 10.1. The predicted octanol–water partition coefficient (Wildman–Crippen LogP) is 5.23. The Morgan fingerprint density at radius 3 is 2.35 bits per heavy atom. The number of para-hydroxylation sites is 2. The monoisotopic (exact) mass is 432 g/mol. The third-order valence-corrected chi connectivity index (χ3v) is 4.02. The Balaban J connectivity index is 2.00. The highest BCUT2D eigenvalue weighted by Crippen LogP contribution is 2.37. The topological polar surface area (TPSA) is 80.4 Å². The van der Waals surface area contributed by atoms with Gasteiger partial charge < -0.3 is 19.8 Å². The smallest absolute Gasteiger partial charge is 0.416 e. The second-order valence-electron chi connectivity index (χ2n) is 6.82. The van der Waals surface area contributed by atoms with Gasteiger partial charge in [0, 0.05) is 18.0 Å². The molecule has 1 amide bonds. The van der Waals surface area contributed by atoms with Gasteiger partial charge in [-0.3, -0.25) is 9.59 Å². The number of pyridine rings is 1. The van der Waals surface area contributed by atoms with Crippen molar-refractivity contribution >= 4 is 11.6 Å². The summed E-state index contributed by atoms with van der Waals surface area (Å²) in [5.41, 5.74) is -1.71. The van der Waals surface area contributed by atoms with Gasteiger partial charge in [0.2, 0.25) is 5.56 Å². The van der Waals surface area contributed by atoms with Crippen LogP contribution in [-0.2, 0) is 6.18 Å². The first-order valence-corrected chi connectivity index (χ1v) is 9.28. The van der Waals surface area contributed by atoms with Crippen LogP contribution in [0.1, 0.15) is 29.8 Å². The Morgan fingerprint density at radius 2 is 1.71 bits per heavy atom. The summed E-state index contributed by atoms with van der Waals surface area (Å²) in [7, 11) is 0. The fourth-order valence-electron chi connectivity index (χ4n) is 2.70. The highest BCUT2D eigenvalue weighted by molar-refractivity contribution is 6.06. The van der Waals surface area contributed by atoms with Crippen LogP contribution in [0.15, 0.2) is 65.6 Å². The molecule has 31 heavy (non-hydrogen) atoms. The van der Waals surface area contributed by atoms with Gasteiger partial charge >= 0.3 is 6.18 Å². The molecule has 0 radical (unpaired) electrons. The molecule has 0 aliphatic heterocycles. The van der Waals surface area contributed by atoms with E-state index in [-0.39, 0.29) is 28.9 Å². The number of aromatic nitrogens is 1. The number of hydrogen-bond donors (Lipinski definition) is 2. The van der Waals surface area contributed by atoms with Gasteiger partial charge in [-0.15, -0.1) is 0 Å². The minimum atomic E-state index is -4.66. The Morgan fingerprint density at radius 1 is 1.00 bits per heavy atom. The van der Waals surface area contributed by atoms with Crippen LogP contribution < -0.4 is 20.3 Å². The zero-order valence-corrected chi connectivity index (χ0v) is 16.6. The molecule has 0 atom stereocenters. The van der Waals surface area contributed by atoms with E-state index in [0.717, 1.165) is 18.2 Å². The highest BCUT2D eigenvalue weighted by atomic mass is 19.4. The standard InChI is InChI=1S/C22H19F3N2O4/c1-13(2)30-18-5-3-4-6-19(18)31-17-8-7-14(22(23,24)25)11-16(17)21(29)27-15-9-10-26-20(28)12-15/h3-13H,1-2H3,(H2,26,27,28,29). The van der Waals surface area contributed by atoms with Gasteiger partial charge in [0.1, 0.15) is 5.75 Å². The molecule has 0 aliphatic rings. The number of halogens is 3. The molecular formula is C22H19F3N2O4. The molecule has 0 saturated carbocycles. The van der Waals surface area contributed by atoms with Crippen LogP contribution in [0.4, 0.5) is 18.9 Å². The number of aromatic amines is 1. The maximum atomic E-state index is 13.2. The lowest BCUT2D eigenvalue weighted by Crippen LogP contribution is -2.17. The number of rotatable bonds is 6. The molecule has 162 valence electrons. The van der Waals surface area contributed by atoms with Crippen molar-refractivity contribution in [2.24, 2.45) is 0 Å². The van der Waals surface area contributed by atoms with Crippen molar-refractivity contribution in [3.8, 4) is 17.2 Å². The Bertz CT molecular complexity index is 1140. The fraction of sp³-hybridized carbons (Fsp3) is 0.182. The molecule has 0 spiro atoms. The summed E-state index contributed by atoms with van der Waals surface area (Å²) in [5.74, 6) is -0.358. The van der Waals surface area contributed by atoms with E-state index in [1.54, 1.807) is 24.3 Å². The van der Waals surface area contributed by atoms with Gasteiger partial charge in [-0.25, -0.2) is 0 Å². The van der Waals surface area contributed by atoms with Crippen LogP contribution in [0.25, 0.3) is 0 Å². The molecule has 3 aromatic rings. The van der Waals surface area contributed by atoms with Gasteiger partial charge in [-0.2, -0.15) is 13.2 Å². The van der Waals surface area contributed by atoms with Crippen molar-refractivity contribution in [1.82, 2.24) is 4.98 Å². The summed E-state index contributed by atoms with van der Waals surface area (Å²) in [6.45, 7) is 3.63. The van der Waals surface area contributed by atoms with E-state index in [0.29, 0.717) is 11.8 Å². The maximum Gasteiger partial charge on any atom is 0.416 e. The molecule has 0 bridgehead atoms. The summed E-state index contributed by atoms with van der Waals surface area (Å²) in [6.07, 6.45) is -3.52. The second kappa shape index (κ2) is 8.95. The molecule has 0 fully saturated rings. The van der Waals surface area contributed by atoms with Crippen LogP contribution in [0.2, 0.25) is 0 Å². The SMILES string of the molecule is CC(C)Oc1ccccc1Oc1ccc(C(F)(F)F)cc1C(=O)Nc1cc[nH]c(=O)c1. The van der Waals surface area contributed by atoms with E-state index in [4.69, 9.17) is 9.47 Å². The molecule has 3 rings (SSSR count). The largest absolute Gasteiger partial charge is 0.487 e. The number of nitrogens with one attached hydrogen (secondary N) is 2. The third-order valence-electron chi connectivity index (χ3n) is 4.02. The summed E-state index contributed by atoms with van der Waals surface area (Å²) < 4.78 is 51.1. The molecule has 0 saturated heterocycles. The third kappa shape index (κ3) is 5.65. The Labute approximate surface area is 175 Å². The van der Waals surface area contributed by atoms with E-state index in [1.165, 1.54) is 12.3 Å². The molecule has 1 heterocycles. The summed E-state index contributed by atoms with van der Waals surface area (Å²) in [6, 6.07) is 11.7. The minimum absolute atomic E-state index is 0.102. The van der Waals surface area contributed by atoms with Gasteiger partial charge in [0.05, 0.1) is 17.2 Å². The summed E-state index contributed by atoms with van der Waals surface area (Å²) in [5, 5.41) is 2.41. The van der Waals surface area contributed by atoms with Crippen LogP contribution in [-0.4, -0.2) is 17.0 Å². The molecule has 0 aliphatic carbocycles. The molecule has 0 unspecified atom stereocenters. The van der Waals surface area contributed by atoms with Gasteiger partial charge in [-0.05, 0) is 50.2 Å². The van der Waals surface area contributed by atoms with Gasteiger partial charge in [-0.1, -0.05) is 12.1 Å². The van der Waals surface area contributed by atoms with Crippen LogP contribution in [0.3, 0.4) is 0 Å². The van der Waals surface area contributed by atoms with Crippen molar-refractivity contribution in [2.45, 2.75) is 26.1 Å². The van der Waals surface area contributed by atoms with Crippen molar-refractivity contribution in [2.75, 3.05) is 5.32 Å². The zero-order chi connectivity index (χ0) is 22.6. The van der Waals surface area contributed by atoms with Gasteiger partial charge in [0.15, 0.2) is 11.5 Å². The number of ether oxygens (including phenoxy) is 2. The zero-order valence-electron chi connectivity index (χ0n) is 16.6. The highest BCUT2D eigenvalue weighted by Gasteiger charge is 2.32. The minimum Gasteiger partial charge on any atom is -0.487 e. The quantitative estimate of drug-likeness (QED) is 0.559. The molecule has 9 heteroatoms. The molecule has 2 aromatic carbocycles. The average molecular weight is 432 g/mol. The van der Waals surface area contributed by atoms with E-state index >= 15 is 0 Å². The fourth-order valence-corrected chi connectivity index (χ4v) is 2.70. The molecule has 1 aromatic heterocycles. The van der Waals surface area contributed by atoms with Crippen LogP contribution >= 0.6 is 0 Å². The van der Waals surface area contributed by atoms with E-state index in [9.17, 15) is 22.8 Å². The Hall–Kier alpha value is -3.75. The van der Waals surface area contributed by atoms with Crippen molar-refractivity contribution in [3.63, 3.8) is 0 Å². The van der Waals surface area contributed by atoms with Crippen molar-refractivity contribution in [1.29, 1.82) is 0 Å². The summed E-state index contributed by atoms with van der Waals surface area (Å²) in [4.78, 5) is 26.6. The number of benzene rings is 2. The van der Waals surface area contributed by atoms with Crippen molar-refractivity contribution < 1.29 is 27.4 Å². The molecular weight excluding hydrogens is 413 g/mol. The van der Waals surface area contributed by atoms with E-state index in [2.05, 4.69) is 10.3 Å². The first-order valence-electron chi connectivity index (χ1n) is 9.28. The van der Waals surface area contributed by atoms with Crippen LogP contribution in [0.5, 0.6) is 17.2 Å². The number of carbonyl (C=O) groups is 1. The van der Waals surface area contributed by atoms with Crippen molar-refractivity contribution in [3.05, 3.63) is 82.3 Å². The molecule has 2 N–H and O–H groups in total. The molecule has 6 nitrogen and oxygen atoms in total. The summed E-state index contributed by atoms with van der Waals surface area (Å²) >= 11 is 0. The maximum absolute atomic E-state index is 13.2. The number of hydrogen-bond acceptors (Lipinski definition) is 4. The first kappa shape index (κ1) is 21.9. The number of carbonyl (C=O) groups excluding carboxylic acids is 1. The van der Waals surface area contributed by atoms with Gasteiger partial charge in [0.25, 0.3) is 5.91 Å². The van der Waals surface area contributed by atoms with E-state index in [1.807, 2.05) is 13.8 Å². The number of amides is 1. The normalized spacial score (nSPS) is 11.3. The lowest BCUT2D eigenvalue weighted by Gasteiger charge is -2.17. The average Bonchev–Trinajstić information content (AvgIpc) is 2.68. The lowest BCUT2D eigenvalue weighted by molar-refractivity contribution is -0.137. The number of alkyl halides is 3. The van der Waals surface area contributed by atoms with E-state index < -0.39 is 23.2 Å².